The Morgan fingerprint density at radius 3 is 2.73 bits per heavy atom. The monoisotopic (exact) mass is 302 g/mol. The van der Waals surface area contributed by atoms with Crippen LogP contribution in [0.25, 0.3) is 11.2 Å². The number of pyridine rings is 1. The molecule has 0 saturated carbocycles. The fraction of sp³-hybridized carbons (Fsp3) is 0.231. The smallest absolute Gasteiger partial charge is 0.418 e. The van der Waals surface area contributed by atoms with E-state index in [1.807, 2.05) is 13.8 Å². The van der Waals surface area contributed by atoms with E-state index < -0.39 is 5.76 Å². The summed E-state index contributed by atoms with van der Waals surface area (Å²) in [5.41, 5.74) is 12.5. The first-order valence-corrected chi connectivity index (χ1v) is 6.53. The maximum atomic E-state index is 11.4. The number of nitrogens with two attached hydrogens (primary N) is 2. The van der Waals surface area contributed by atoms with E-state index in [4.69, 9.17) is 20.6 Å². The first-order chi connectivity index (χ1) is 10.5. The Balaban J connectivity index is 2.19. The number of aromatic nitrogens is 4. The summed E-state index contributed by atoms with van der Waals surface area (Å²) < 4.78 is 10.9. The molecule has 0 saturated heterocycles. The maximum absolute atomic E-state index is 11.4. The van der Waals surface area contributed by atoms with Gasteiger partial charge in [-0.25, -0.2) is 14.8 Å². The number of nitrogen functional groups attached to an aromatic ring is 2. The van der Waals surface area contributed by atoms with Crippen molar-refractivity contribution in [3.05, 3.63) is 28.5 Å². The second-order valence-electron chi connectivity index (χ2n) is 4.97. The molecule has 0 aliphatic rings. The van der Waals surface area contributed by atoms with Crippen LogP contribution in [-0.2, 0) is 0 Å². The lowest BCUT2D eigenvalue weighted by molar-refractivity contribution is 0.456. The Bertz CT molecular complexity index is 898. The fourth-order valence-corrected chi connectivity index (χ4v) is 1.99. The van der Waals surface area contributed by atoms with Crippen molar-refractivity contribution in [3.8, 4) is 11.5 Å². The van der Waals surface area contributed by atoms with E-state index in [9.17, 15) is 4.79 Å². The molecule has 0 radical (unpaired) electrons. The highest BCUT2D eigenvalue weighted by Crippen LogP contribution is 2.36. The molecule has 9 nitrogen and oxygen atoms in total. The van der Waals surface area contributed by atoms with E-state index in [0.29, 0.717) is 11.4 Å². The number of aromatic amines is 1. The predicted octanol–water partition coefficient (Wildman–Crippen LogP) is 1.39. The Kier molecular flexibility index (Phi) is 3.17. The van der Waals surface area contributed by atoms with Gasteiger partial charge in [-0.1, -0.05) is 13.8 Å². The summed E-state index contributed by atoms with van der Waals surface area (Å²) in [5.74, 6) is 0.163. The molecule has 9 heteroatoms. The number of oxazole rings is 1. The zero-order valence-electron chi connectivity index (χ0n) is 12.0. The molecular weight excluding hydrogens is 288 g/mol. The second kappa shape index (κ2) is 5.02. The molecule has 5 N–H and O–H groups in total. The van der Waals surface area contributed by atoms with Crippen LogP contribution in [0.1, 0.15) is 25.3 Å². The molecule has 0 aliphatic heterocycles. The summed E-state index contributed by atoms with van der Waals surface area (Å²) in [5, 5.41) is 0. The number of hydrogen-bond donors (Lipinski definition) is 3. The number of nitrogens with zero attached hydrogens (tertiary/aromatic N) is 3. The molecule has 3 aromatic rings. The van der Waals surface area contributed by atoms with Gasteiger partial charge in [0.05, 0.1) is 6.20 Å². The minimum atomic E-state index is -0.616. The topological polar surface area (TPSA) is 146 Å². The van der Waals surface area contributed by atoms with Gasteiger partial charge in [0.2, 0.25) is 11.5 Å². The van der Waals surface area contributed by atoms with Crippen LogP contribution in [-0.4, -0.2) is 19.9 Å². The summed E-state index contributed by atoms with van der Waals surface area (Å²) in [6.07, 6.45) is 2.97. The van der Waals surface area contributed by atoms with Crippen LogP contribution < -0.4 is 22.0 Å². The van der Waals surface area contributed by atoms with Gasteiger partial charge < -0.3 is 20.6 Å². The van der Waals surface area contributed by atoms with Crippen LogP contribution >= 0.6 is 0 Å². The Morgan fingerprint density at radius 1 is 1.27 bits per heavy atom. The molecule has 3 rings (SSSR count). The molecule has 114 valence electrons. The first-order valence-electron chi connectivity index (χ1n) is 6.53. The number of nitrogens with one attached hydrogen (secondary N) is 1. The lowest BCUT2D eigenvalue weighted by atomic mass is 10.0. The molecule has 22 heavy (non-hydrogen) atoms. The second-order valence-corrected chi connectivity index (χ2v) is 4.97. The normalized spacial score (nSPS) is 11.2. The van der Waals surface area contributed by atoms with Crippen molar-refractivity contribution < 1.29 is 9.15 Å². The number of H-pyrrole nitrogens is 1. The SMILES string of the molecule is CC(C)c1cnc2[nH]c(=O)oc2c1Oc1cnc(N)nc1N. The molecule has 0 aromatic carbocycles. The van der Waals surface area contributed by atoms with Crippen molar-refractivity contribution in [3.63, 3.8) is 0 Å². The quantitative estimate of drug-likeness (QED) is 0.657. The minimum absolute atomic E-state index is 0.0435. The van der Waals surface area contributed by atoms with Crippen molar-refractivity contribution in [2.24, 2.45) is 0 Å². The van der Waals surface area contributed by atoms with Crippen LogP contribution in [0.5, 0.6) is 11.5 Å². The van der Waals surface area contributed by atoms with Gasteiger partial charge in [-0.05, 0) is 5.92 Å². The minimum Gasteiger partial charge on any atom is -0.447 e. The molecule has 0 amide bonds. The van der Waals surface area contributed by atoms with Crippen LogP contribution in [0.2, 0.25) is 0 Å². The summed E-state index contributed by atoms with van der Waals surface area (Å²) in [6.45, 7) is 3.92. The fourth-order valence-electron chi connectivity index (χ4n) is 1.99. The van der Waals surface area contributed by atoms with Crippen LogP contribution in [0, 0.1) is 0 Å². The first kappa shape index (κ1) is 13.9. The third-order valence-electron chi connectivity index (χ3n) is 3.07. The van der Waals surface area contributed by atoms with E-state index in [1.165, 1.54) is 6.20 Å². The highest BCUT2D eigenvalue weighted by molar-refractivity contribution is 5.77. The summed E-state index contributed by atoms with van der Waals surface area (Å²) >= 11 is 0. The Hall–Kier alpha value is -3.10. The van der Waals surface area contributed by atoms with Gasteiger partial charge in [-0.3, -0.25) is 4.98 Å². The molecule has 0 unspecified atom stereocenters. The molecule has 0 atom stereocenters. The van der Waals surface area contributed by atoms with E-state index >= 15 is 0 Å². The van der Waals surface area contributed by atoms with Gasteiger partial charge in [0.15, 0.2) is 23.0 Å². The maximum Gasteiger partial charge on any atom is 0.418 e. The average molecular weight is 302 g/mol. The van der Waals surface area contributed by atoms with Gasteiger partial charge in [0, 0.05) is 11.8 Å². The standard InChI is InChI=1S/C13H14N6O3/c1-5(2)6-3-16-11-9(22-13(20)19-11)8(6)21-7-4-17-12(15)18-10(7)14/h3-5H,1-2H3,(H,16,19,20)(H4,14,15,17,18). The number of ether oxygens (including phenoxy) is 1. The van der Waals surface area contributed by atoms with Crippen molar-refractivity contribution in [1.82, 2.24) is 19.9 Å². The summed E-state index contributed by atoms with van der Waals surface area (Å²) in [4.78, 5) is 25.7. The molecule has 0 fully saturated rings. The van der Waals surface area contributed by atoms with Crippen molar-refractivity contribution in [2.45, 2.75) is 19.8 Å². The van der Waals surface area contributed by atoms with Crippen LogP contribution in [0.3, 0.4) is 0 Å². The highest BCUT2D eigenvalue weighted by atomic mass is 16.5. The Morgan fingerprint density at radius 2 is 2.05 bits per heavy atom. The number of anilines is 2. The third-order valence-corrected chi connectivity index (χ3v) is 3.07. The lowest BCUT2D eigenvalue weighted by Crippen LogP contribution is -2.03. The molecule has 0 bridgehead atoms. The van der Waals surface area contributed by atoms with E-state index in [1.54, 1.807) is 6.20 Å². The van der Waals surface area contributed by atoms with Gasteiger partial charge in [0.1, 0.15) is 0 Å². The van der Waals surface area contributed by atoms with Crippen molar-refractivity contribution >= 4 is 23.0 Å². The number of hydrogen-bond acceptors (Lipinski definition) is 8. The zero-order chi connectivity index (χ0) is 15.9. The van der Waals surface area contributed by atoms with Gasteiger partial charge in [-0.15, -0.1) is 0 Å². The third kappa shape index (κ3) is 2.32. The largest absolute Gasteiger partial charge is 0.447 e. The average Bonchev–Trinajstić information content (AvgIpc) is 2.82. The molecule has 3 aromatic heterocycles. The number of fused-ring (bicyclic) bond motifs is 1. The van der Waals surface area contributed by atoms with Crippen molar-refractivity contribution in [1.29, 1.82) is 0 Å². The molecule has 0 aliphatic carbocycles. The van der Waals surface area contributed by atoms with E-state index in [0.717, 1.165) is 5.56 Å². The van der Waals surface area contributed by atoms with E-state index in [-0.39, 0.29) is 29.0 Å². The van der Waals surface area contributed by atoms with Gasteiger partial charge in [-0.2, -0.15) is 4.98 Å². The van der Waals surface area contributed by atoms with E-state index in [2.05, 4.69) is 19.9 Å². The molecule has 0 spiro atoms. The summed E-state index contributed by atoms with van der Waals surface area (Å²) in [7, 11) is 0. The van der Waals surface area contributed by atoms with Crippen LogP contribution in [0.4, 0.5) is 11.8 Å². The predicted molar refractivity (Wildman–Crippen MR) is 79.6 cm³/mol. The van der Waals surface area contributed by atoms with Crippen molar-refractivity contribution in [2.75, 3.05) is 11.5 Å². The highest BCUT2D eigenvalue weighted by Gasteiger charge is 2.19. The lowest BCUT2D eigenvalue weighted by Gasteiger charge is -2.13. The molecular formula is C13H14N6O3. The number of rotatable bonds is 3. The zero-order valence-corrected chi connectivity index (χ0v) is 12.0. The molecule has 3 heterocycles. The Labute approximate surface area is 124 Å². The summed E-state index contributed by atoms with van der Waals surface area (Å²) in [6, 6.07) is 0. The van der Waals surface area contributed by atoms with Crippen LogP contribution in [0.15, 0.2) is 21.6 Å². The van der Waals surface area contributed by atoms with Gasteiger partial charge >= 0.3 is 5.76 Å². The van der Waals surface area contributed by atoms with Gasteiger partial charge in [0.25, 0.3) is 0 Å².